The summed E-state index contributed by atoms with van der Waals surface area (Å²) in [4.78, 5) is 17.9. The quantitative estimate of drug-likeness (QED) is 0.824. The maximum Gasteiger partial charge on any atom is 0.321 e. The molecule has 0 saturated carbocycles. The van der Waals surface area contributed by atoms with Gasteiger partial charge in [-0.2, -0.15) is 0 Å². The number of anilines is 1. The van der Waals surface area contributed by atoms with Crippen LogP contribution in [-0.4, -0.2) is 40.7 Å². The van der Waals surface area contributed by atoms with E-state index < -0.39 is 0 Å². The Morgan fingerprint density at radius 1 is 1.32 bits per heavy atom. The molecule has 0 atom stereocenters. The molecular weight excluding hydrogens is 282 g/mol. The van der Waals surface area contributed by atoms with Gasteiger partial charge < -0.3 is 19.7 Å². The number of carbonyl (C=O) groups is 1. The predicted octanol–water partition coefficient (Wildman–Crippen LogP) is 2.97. The van der Waals surface area contributed by atoms with Gasteiger partial charge in [0.05, 0.1) is 12.8 Å². The molecule has 118 valence electrons. The lowest BCUT2D eigenvalue weighted by Crippen LogP contribution is -2.37. The summed E-state index contributed by atoms with van der Waals surface area (Å²) in [7, 11) is 0. The van der Waals surface area contributed by atoms with Gasteiger partial charge in [0.15, 0.2) is 0 Å². The minimum Gasteiger partial charge on any atom is -0.445 e. The number of urea groups is 1. The highest BCUT2D eigenvalue weighted by Gasteiger charge is 2.12. The molecule has 6 heteroatoms. The summed E-state index contributed by atoms with van der Waals surface area (Å²) in [5, 5.41) is 11.9. The highest BCUT2D eigenvalue weighted by Crippen LogP contribution is 2.19. The van der Waals surface area contributed by atoms with Crippen LogP contribution in [0, 0.1) is 0 Å². The Labute approximate surface area is 129 Å². The average molecular weight is 303 g/mol. The summed E-state index contributed by atoms with van der Waals surface area (Å²) in [6, 6.07) is 7.07. The number of hydrogen-bond acceptors (Lipinski definition) is 4. The second-order valence-electron chi connectivity index (χ2n) is 4.91. The van der Waals surface area contributed by atoms with Crippen molar-refractivity contribution in [3.63, 3.8) is 0 Å². The molecule has 6 nitrogen and oxygen atoms in total. The first-order chi connectivity index (χ1) is 10.7. The molecule has 2 N–H and O–H groups in total. The second-order valence-corrected chi connectivity index (χ2v) is 4.91. The number of nitrogens with one attached hydrogen (secondary N) is 1. The van der Waals surface area contributed by atoms with Crippen molar-refractivity contribution >= 4 is 11.7 Å². The van der Waals surface area contributed by atoms with Crippen LogP contribution in [0.1, 0.15) is 19.8 Å². The third kappa shape index (κ3) is 4.33. The van der Waals surface area contributed by atoms with Crippen molar-refractivity contribution in [1.82, 2.24) is 9.88 Å². The van der Waals surface area contributed by atoms with Gasteiger partial charge in [-0.25, -0.2) is 9.78 Å². The van der Waals surface area contributed by atoms with Crippen LogP contribution in [0.2, 0.25) is 0 Å². The van der Waals surface area contributed by atoms with E-state index in [0.717, 1.165) is 18.4 Å². The molecule has 22 heavy (non-hydrogen) atoms. The minimum atomic E-state index is -0.202. The number of hydrogen-bond donors (Lipinski definition) is 2. The number of unbranched alkanes of at least 4 members (excludes halogenated alkanes) is 1. The van der Waals surface area contributed by atoms with E-state index in [1.165, 1.54) is 6.26 Å². The fourth-order valence-electron chi connectivity index (χ4n) is 2.05. The van der Waals surface area contributed by atoms with Crippen molar-refractivity contribution in [3.8, 4) is 11.5 Å². The lowest BCUT2D eigenvalue weighted by atomic mass is 10.2. The fraction of sp³-hybridized carbons (Fsp3) is 0.375. The first-order valence-electron chi connectivity index (χ1n) is 7.41. The van der Waals surface area contributed by atoms with Gasteiger partial charge in [0, 0.05) is 24.3 Å². The van der Waals surface area contributed by atoms with E-state index in [2.05, 4.69) is 17.2 Å². The zero-order valence-corrected chi connectivity index (χ0v) is 12.7. The molecule has 0 saturated heterocycles. The van der Waals surface area contributed by atoms with Gasteiger partial charge in [-0.05, 0) is 30.7 Å². The molecule has 0 aliphatic heterocycles. The predicted molar refractivity (Wildman–Crippen MR) is 84.5 cm³/mol. The maximum atomic E-state index is 12.2. The molecule has 1 aromatic heterocycles. The molecular formula is C16H21N3O3. The maximum absolute atomic E-state index is 12.2. The van der Waals surface area contributed by atoms with Crippen LogP contribution >= 0.6 is 0 Å². The molecule has 0 fully saturated rings. The number of aliphatic hydroxyl groups excluding tert-OH is 1. The van der Waals surface area contributed by atoms with Crippen LogP contribution in [0.5, 0.6) is 0 Å². The topological polar surface area (TPSA) is 78.6 Å². The molecule has 0 aliphatic carbocycles. The number of aromatic nitrogens is 1. The third-order valence-corrected chi connectivity index (χ3v) is 3.25. The van der Waals surface area contributed by atoms with Gasteiger partial charge in [0.25, 0.3) is 0 Å². The number of nitrogens with zero attached hydrogens (tertiary/aromatic N) is 2. The molecule has 2 aromatic rings. The van der Waals surface area contributed by atoms with Crippen LogP contribution in [-0.2, 0) is 0 Å². The van der Waals surface area contributed by atoms with Crippen molar-refractivity contribution < 1.29 is 14.3 Å². The molecule has 2 rings (SSSR count). The van der Waals surface area contributed by atoms with Crippen molar-refractivity contribution in [2.24, 2.45) is 0 Å². The number of rotatable bonds is 7. The van der Waals surface area contributed by atoms with E-state index in [1.807, 2.05) is 12.1 Å². The Morgan fingerprint density at radius 2 is 2.09 bits per heavy atom. The molecule has 2 amide bonds. The second kappa shape index (κ2) is 8.19. The Morgan fingerprint density at radius 3 is 2.68 bits per heavy atom. The highest BCUT2D eigenvalue weighted by atomic mass is 16.3. The van der Waals surface area contributed by atoms with Crippen LogP contribution < -0.4 is 5.32 Å². The summed E-state index contributed by atoms with van der Waals surface area (Å²) in [6.45, 7) is 2.99. The summed E-state index contributed by atoms with van der Waals surface area (Å²) in [5.41, 5.74) is 1.54. The van der Waals surface area contributed by atoms with Crippen LogP contribution in [0.25, 0.3) is 11.5 Å². The van der Waals surface area contributed by atoms with Gasteiger partial charge in [0.2, 0.25) is 5.89 Å². The SMILES string of the molecule is CCCCN(CCO)C(=O)Nc1ccc(-c2ncco2)cc1. The first kappa shape index (κ1) is 16.0. The van der Waals surface area contributed by atoms with Gasteiger partial charge in [-0.1, -0.05) is 13.3 Å². The smallest absolute Gasteiger partial charge is 0.321 e. The summed E-state index contributed by atoms with van der Waals surface area (Å²) >= 11 is 0. The first-order valence-corrected chi connectivity index (χ1v) is 7.41. The van der Waals surface area contributed by atoms with Gasteiger partial charge in [-0.3, -0.25) is 0 Å². The summed E-state index contributed by atoms with van der Waals surface area (Å²) in [6.07, 6.45) is 5.02. The largest absolute Gasteiger partial charge is 0.445 e. The number of aliphatic hydroxyl groups is 1. The average Bonchev–Trinajstić information content (AvgIpc) is 3.06. The Kier molecular flexibility index (Phi) is 5.97. The van der Waals surface area contributed by atoms with Crippen molar-refractivity contribution in [3.05, 3.63) is 36.7 Å². The van der Waals surface area contributed by atoms with E-state index >= 15 is 0 Å². The molecule has 1 heterocycles. The number of carbonyl (C=O) groups excluding carboxylic acids is 1. The lowest BCUT2D eigenvalue weighted by Gasteiger charge is -2.22. The van der Waals surface area contributed by atoms with E-state index in [4.69, 9.17) is 9.52 Å². The minimum absolute atomic E-state index is 0.0414. The van der Waals surface area contributed by atoms with Crippen molar-refractivity contribution in [2.75, 3.05) is 25.0 Å². The lowest BCUT2D eigenvalue weighted by molar-refractivity contribution is 0.187. The third-order valence-electron chi connectivity index (χ3n) is 3.25. The molecule has 0 unspecified atom stereocenters. The van der Waals surface area contributed by atoms with E-state index in [0.29, 0.717) is 24.7 Å². The van der Waals surface area contributed by atoms with Crippen molar-refractivity contribution in [1.29, 1.82) is 0 Å². The molecule has 0 bridgehead atoms. The fourth-order valence-corrected chi connectivity index (χ4v) is 2.05. The van der Waals surface area contributed by atoms with Crippen molar-refractivity contribution in [2.45, 2.75) is 19.8 Å². The molecule has 1 aromatic carbocycles. The number of benzene rings is 1. The Bertz CT molecular complexity index is 567. The van der Waals surface area contributed by atoms with Crippen LogP contribution in [0.15, 0.2) is 41.1 Å². The van der Waals surface area contributed by atoms with Gasteiger partial charge >= 0.3 is 6.03 Å². The molecule has 0 spiro atoms. The van der Waals surface area contributed by atoms with Gasteiger partial charge in [0.1, 0.15) is 6.26 Å². The summed E-state index contributed by atoms with van der Waals surface area (Å²) < 4.78 is 5.22. The zero-order chi connectivity index (χ0) is 15.8. The zero-order valence-electron chi connectivity index (χ0n) is 12.7. The standard InChI is InChI=1S/C16H21N3O3/c1-2-3-9-19(10-11-20)16(21)18-14-6-4-13(5-7-14)15-17-8-12-22-15/h4-8,12,20H,2-3,9-11H2,1H3,(H,18,21). The van der Waals surface area contributed by atoms with E-state index in [-0.39, 0.29) is 12.6 Å². The highest BCUT2D eigenvalue weighted by molar-refractivity contribution is 5.89. The summed E-state index contributed by atoms with van der Waals surface area (Å²) in [5.74, 6) is 0.544. The normalized spacial score (nSPS) is 10.5. The van der Waals surface area contributed by atoms with E-state index in [9.17, 15) is 4.79 Å². The number of amides is 2. The molecule has 0 radical (unpaired) electrons. The number of oxazole rings is 1. The molecule has 0 aliphatic rings. The Balaban J connectivity index is 1.98. The Hall–Kier alpha value is -2.34. The monoisotopic (exact) mass is 303 g/mol. The van der Waals surface area contributed by atoms with E-state index in [1.54, 1.807) is 23.2 Å². The van der Waals surface area contributed by atoms with Crippen LogP contribution in [0.4, 0.5) is 10.5 Å². The van der Waals surface area contributed by atoms with Gasteiger partial charge in [-0.15, -0.1) is 0 Å². The van der Waals surface area contributed by atoms with Crippen LogP contribution in [0.3, 0.4) is 0 Å².